The van der Waals surface area contributed by atoms with E-state index in [1.54, 1.807) is 104 Å². The molecule has 20 atom stereocenters. The Hall–Kier alpha value is -11.0. The molecule has 23 nitrogen and oxygen atoms in total. The van der Waals surface area contributed by atoms with Crippen LogP contribution in [0.15, 0.2) is 207 Å². The highest BCUT2D eigenvalue weighted by atomic mass is 19.2. The first-order valence-electron chi connectivity index (χ1n) is 47.1. The van der Waals surface area contributed by atoms with Crippen LogP contribution in [0.4, 0.5) is 26.3 Å². The number of rotatable bonds is 26. The summed E-state index contributed by atoms with van der Waals surface area (Å²) in [4.78, 5) is 19.5. The molecule has 20 rings (SSSR count). The minimum Gasteiger partial charge on any atom is -0.508 e. The summed E-state index contributed by atoms with van der Waals surface area (Å²) in [7, 11) is 1.67. The molecule has 5 aliphatic heterocycles. The number of fused-ring (bicyclic) bond motifs is 5. The number of aryl methyl sites for hydroxylation is 2. The number of nitrogens with zero attached hydrogens (tertiary/aromatic N) is 7. The van der Waals surface area contributed by atoms with Crippen molar-refractivity contribution in [3.63, 3.8) is 0 Å². The average molecular weight is 1870 g/mol. The molecule has 7 heterocycles. The van der Waals surface area contributed by atoms with E-state index >= 15 is 0 Å². The van der Waals surface area contributed by atoms with Gasteiger partial charge in [-0.1, -0.05) is 72.8 Å². The number of halogens is 6. The van der Waals surface area contributed by atoms with Gasteiger partial charge in [-0.05, 0) is 286 Å². The van der Waals surface area contributed by atoms with Crippen LogP contribution in [0.3, 0.4) is 0 Å². The third-order valence-corrected chi connectivity index (χ3v) is 28.7. The molecule has 5 saturated carbocycles. The Morgan fingerprint density at radius 1 is 0.281 bits per heavy atom. The van der Waals surface area contributed by atoms with Gasteiger partial charge >= 0.3 is 0 Å². The molecule has 10 aliphatic rings. The highest BCUT2D eigenvalue weighted by Gasteiger charge is 2.48. The summed E-state index contributed by atoms with van der Waals surface area (Å²) in [6.45, 7) is 15.5. The lowest BCUT2D eigenvalue weighted by Crippen LogP contribution is -2.29. The number of aromatic nitrogens is 2. The van der Waals surface area contributed by atoms with Crippen molar-refractivity contribution in [2.24, 2.45) is 59.2 Å². The minimum absolute atomic E-state index is 0.0584. The van der Waals surface area contributed by atoms with Crippen molar-refractivity contribution in [1.82, 2.24) is 34.5 Å². The lowest BCUT2D eigenvalue weighted by molar-refractivity contribution is 0.112. The fraction of sp³-hybridized carbons (Fsp3) is 0.453. The summed E-state index contributed by atoms with van der Waals surface area (Å²) in [6.07, 6.45) is 8.46. The van der Waals surface area contributed by atoms with E-state index in [0.717, 1.165) is 169 Å². The van der Waals surface area contributed by atoms with Crippen molar-refractivity contribution in [1.29, 1.82) is 0 Å². The zero-order chi connectivity index (χ0) is 94.7. The Morgan fingerprint density at radius 2 is 0.533 bits per heavy atom. The number of hydrogen-bond donors (Lipinski definition) is 10. The van der Waals surface area contributed by atoms with Crippen LogP contribution in [-0.2, 0) is 0 Å². The predicted molar refractivity (Wildman–Crippen MR) is 494 cm³/mol. The summed E-state index contributed by atoms with van der Waals surface area (Å²) >= 11 is 0. The van der Waals surface area contributed by atoms with Crippen molar-refractivity contribution in [3.05, 3.63) is 281 Å². The first kappa shape index (κ1) is 97.1. The van der Waals surface area contributed by atoms with Crippen LogP contribution in [0.1, 0.15) is 134 Å². The van der Waals surface area contributed by atoms with Crippen LogP contribution in [0, 0.1) is 108 Å². The maximum atomic E-state index is 14.0. The number of phenolic OH excluding ortho intramolecular Hbond substituents is 3. The second kappa shape index (κ2) is 44.5. The van der Waals surface area contributed by atoms with Crippen LogP contribution in [0.2, 0.25) is 0 Å². The fourth-order valence-corrected chi connectivity index (χ4v) is 22.1. The predicted octanol–water partition coefficient (Wildman–Crippen LogP) is 16.3. The van der Waals surface area contributed by atoms with E-state index in [-0.39, 0.29) is 82.4 Å². The molecule has 2 aromatic heterocycles. The molecular weight excluding hydrogens is 1740 g/mol. The fourth-order valence-electron chi connectivity index (χ4n) is 22.1. The molecule has 10 fully saturated rings. The summed E-state index contributed by atoms with van der Waals surface area (Å²) in [5.41, 5.74) is 5.33. The Labute approximate surface area is 783 Å². The van der Waals surface area contributed by atoms with E-state index in [0.29, 0.717) is 115 Å². The highest BCUT2D eigenvalue weighted by Crippen LogP contribution is 2.48. The second-order valence-corrected chi connectivity index (χ2v) is 38.6. The number of aliphatic hydroxyl groups excluding tert-OH is 5. The van der Waals surface area contributed by atoms with Gasteiger partial charge in [0.1, 0.15) is 41.0 Å². The number of likely N-dealkylation sites (tertiary alicyclic amines) is 5. The van der Waals surface area contributed by atoms with E-state index in [9.17, 15) is 77.4 Å². The van der Waals surface area contributed by atoms with Crippen molar-refractivity contribution < 1.29 is 106 Å². The molecule has 29 heteroatoms. The van der Waals surface area contributed by atoms with Crippen molar-refractivity contribution in [2.75, 3.05) is 105 Å². The molecule has 8 aromatic carbocycles. The molecule has 0 amide bonds. The van der Waals surface area contributed by atoms with Gasteiger partial charge in [0.25, 0.3) is 0 Å². The van der Waals surface area contributed by atoms with Crippen LogP contribution < -0.4 is 28.4 Å². The van der Waals surface area contributed by atoms with Gasteiger partial charge in [0, 0.05) is 98.2 Å². The maximum Gasteiger partial charge on any atom is 0.191 e. The standard InChI is InChI=1S/C22H26FNO3.C22H27NO4.C21H23F2NO3.C21H25FN2O3.C20H22F2N2O3/c1-14-2-7-22(20(23)8-14)27-19-9-16-11-24(12-17(16)10-19)13-21(26)15-3-5-18(25)6-4-15;1-26-21-4-2-3-5-22(21)27-19-10-16-12-23(13-17(16)11-19)14-20(25)15-6-8-18(24)9-7-15;22-18-2-1-3-19(23)21(18)27-17-8-14-10-24(11-15(14)9-17)12-20(26)13-4-6-16(25)7-5-13;1-13-2-5-21(18(22)6-13)27-17-7-14-10-24(11-15(14)8-17)12-20(26)19-4-3-16(25)9-23-19;21-16-2-1-3-17(22)20(16)27-15-6-12-9-24(10-13(12)7-15)11-19(26)18-5-4-14(25)8-23-18/h2-8,16-17,19,21,25-26H,9-13H2,1H3;2-9,16-17,19-20,24-25H,10-14H2,1H3;1-7,14-15,17,20,25-26H,8-12H2;2-6,9,14-15,17,20,25-26H,7-8,10-12H2,1H3;1-5,8,12-13,15,19,25-26H,6-7,9-11H2/t16-,17+,19?,21?;16-,17+,19?,20?;2*14-,15+,17?,20?;12-,13+,15?,19?. The molecule has 10 unspecified atom stereocenters. The first-order chi connectivity index (χ1) is 65.0. The highest BCUT2D eigenvalue weighted by molar-refractivity contribution is 5.40. The van der Waals surface area contributed by atoms with Crippen molar-refractivity contribution in [3.8, 4) is 63.2 Å². The van der Waals surface area contributed by atoms with E-state index in [4.69, 9.17) is 28.4 Å². The van der Waals surface area contributed by atoms with Gasteiger partial charge in [-0.2, -0.15) is 0 Å². The van der Waals surface area contributed by atoms with Gasteiger partial charge in [0.05, 0.1) is 79.7 Å². The molecule has 5 saturated heterocycles. The van der Waals surface area contributed by atoms with Gasteiger partial charge in [-0.15, -0.1) is 0 Å². The molecule has 10 aromatic rings. The van der Waals surface area contributed by atoms with Crippen LogP contribution in [0.25, 0.3) is 0 Å². The maximum absolute atomic E-state index is 14.0. The number of aromatic hydroxyl groups is 5. The molecule has 0 spiro atoms. The summed E-state index contributed by atoms with van der Waals surface area (Å²) in [6, 6.07) is 51.9. The monoisotopic (exact) mass is 1860 g/mol. The summed E-state index contributed by atoms with van der Waals surface area (Å²) < 4.78 is 118. The van der Waals surface area contributed by atoms with Crippen molar-refractivity contribution >= 4 is 0 Å². The molecule has 720 valence electrons. The largest absolute Gasteiger partial charge is 0.508 e. The van der Waals surface area contributed by atoms with E-state index < -0.39 is 53.8 Å². The number of ether oxygens (including phenoxy) is 6. The average Bonchev–Trinajstić information content (AvgIpc) is 1.65. The topological polar surface area (TPSA) is 300 Å². The quantitative estimate of drug-likeness (QED) is 0.0225. The molecule has 135 heavy (non-hydrogen) atoms. The Morgan fingerprint density at radius 3 is 0.793 bits per heavy atom. The van der Waals surface area contributed by atoms with Gasteiger partial charge in [-0.3, -0.25) is 34.5 Å². The van der Waals surface area contributed by atoms with Gasteiger partial charge in [0.2, 0.25) is 0 Å². The zero-order valence-corrected chi connectivity index (χ0v) is 76.2. The molecule has 10 N–H and O–H groups in total. The van der Waals surface area contributed by atoms with Gasteiger partial charge in [0.15, 0.2) is 69.4 Å². The number of hydrogen-bond acceptors (Lipinski definition) is 23. The normalized spacial score (nSPS) is 26.1. The number of β-amino-alcohol motifs (C(OH)–C–C–N with tert-alkyl or cyclic N) is 5. The second-order valence-electron chi connectivity index (χ2n) is 38.6. The summed E-state index contributed by atoms with van der Waals surface area (Å²) in [5, 5.41) is 98.7. The zero-order valence-electron chi connectivity index (χ0n) is 76.2. The number of pyridine rings is 2. The lowest BCUT2D eigenvalue weighted by atomic mass is 10.0. The number of para-hydroxylation sites is 4. The third-order valence-electron chi connectivity index (χ3n) is 28.7. The summed E-state index contributed by atoms with van der Waals surface area (Å²) in [5.74, 6) is 4.25. The van der Waals surface area contributed by atoms with Crippen LogP contribution >= 0.6 is 0 Å². The van der Waals surface area contributed by atoms with E-state index in [2.05, 4.69) is 34.5 Å². The smallest absolute Gasteiger partial charge is 0.191 e. The van der Waals surface area contributed by atoms with Crippen LogP contribution in [0.5, 0.6) is 63.2 Å². The number of aliphatic hydroxyl groups is 5. The Balaban J connectivity index is 0.000000123. The van der Waals surface area contributed by atoms with Crippen LogP contribution in [-0.4, -0.2) is 221 Å². The first-order valence-corrected chi connectivity index (χ1v) is 47.1. The molecular formula is C106H123F6N7O16. The lowest BCUT2D eigenvalue weighted by Gasteiger charge is -2.23. The SMILES string of the molecule is COc1ccccc1OC1C[C@@H]2CN(CC(O)c3ccc(O)cc3)C[C@@H]2C1.Cc1ccc(OC2C[C@@H]3CN(CC(O)c4ccc(O)cc4)C[C@@H]3C2)c(F)c1.Cc1ccc(OC2C[C@@H]3CN(CC(O)c4ccc(O)cn4)C[C@@H]3C2)c(F)c1.Oc1ccc(C(O)CN2C[C@H]3CC(Oc4c(F)cccc4F)C[C@H]3C2)cc1.Oc1ccc(C(O)CN2C[C@H]3CC(Oc4c(F)cccc4F)C[C@H]3C2)nc1. The number of benzene rings is 8. The van der Waals surface area contributed by atoms with Gasteiger partial charge < -0.3 is 79.5 Å². The van der Waals surface area contributed by atoms with Crippen molar-refractivity contribution in [2.45, 2.75) is 139 Å². The molecule has 0 radical (unpaired) electrons. The Bertz CT molecular complexity index is 5140. The molecule has 5 aliphatic carbocycles. The number of methoxy groups -OCH3 is 1. The van der Waals surface area contributed by atoms with E-state index in [1.165, 1.54) is 73.1 Å². The van der Waals surface area contributed by atoms with E-state index in [1.807, 2.05) is 50.2 Å². The third kappa shape index (κ3) is 25.5. The number of phenols is 3. The minimum atomic E-state index is -0.719. The Kier molecular flexibility index (Phi) is 32.0. The molecule has 0 bridgehead atoms. The van der Waals surface area contributed by atoms with Gasteiger partial charge in [-0.25, -0.2) is 26.3 Å².